The van der Waals surface area contributed by atoms with E-state index >= 15 is 0 Å². The highest BCUT2D eigenvalue weighted by Gasteiger charge is 2.16. The number of hydrogen-bond acceptors (Lipinski definition) is 4. The number of nitrogens with zero attached hydrogens (tertiary/aromatic N) is 1. The Bertz CT molecular complexity index is 1040. The molecule has 22 heavy (non-hydrogen) atoms. The summed E-state index contributed by atoms with van der Waals surface area (Å²) < 4.78 is 23.1. The number of rotatable bonds is 2. The minimum Gasteiger partial charge on any atom is -0.267 e. The largest absolute Gasteiger partial charge is 0.272 e. The van der Waals surface area contributed by atoms with Crippen LogP contribution in [0.15, 0.2) is 52.2 Å². The third-order valence-corrected chi connectivity index (χ3v) is 4.60. The molecule has 0 spiro atoms. The van der Waals surface area contributed by atoms with Crippen LogP contribution in [0.5, 0.6) is 0 Å². The Balaban J connectivity index is 2.34. The highest BCUT2D eigenvalue weighted by Crippen LogP contribution is 2.29. The SMILES string of the molecule is NS(=O)(=O)c1cc(-c2n[nH]c(=O)c3ccccc23)ccc1Cl. The summed E-state index contributed by atoms with van der Waals surface area (Å²) in [6.45, 7) is 0. The van der Waals surface area contributed by atoms with E-state index in [1.807, 2.05) is 0 Å². The third-order valence-electron chi connectivity index (χ3n) is 3.21. The van der Waals surface area contributed by atoms with Gasteiger partial charge in [-0.25, -0.2) is 18.7 Å². The van der Waals surface area contributed by atoms with Gasteiger partial charge in [0.25, 0.3) is 5.56 Å². The minimum absolute atomic E-state index is 0.0278. The Morgan fingerprint density at radius 2 is 1.77 bits per heavy atom. The average molecular weight is 336 g/mol. The van der Waals surface area contributed by atoms with Crippen molar-refractivity contribution in [3.05, 3.63) is 57.8 Å². The van der Waals surface area contributed by atoms with Gasteiger partial charge in [-0.1, -0.05) is 35.9 Å². The van der Waals surface area contributed by atoms with E-state index in [4.69, 9.17) is 16.7 Å². The Morgan fingerprint density at radius 1 is 1.09 bits per heavy atom. The highest BCUT2D eigenvalue weighted by atomic mass is 35.5. The second-order valence-electron chi connectivity index (χ2n) is 4.64. The lowest BCUT2D eigenvalue weighted by atomic mass is 10.1. The summed E-state index contributed by atoms with van der Waals surface area (Å²) in [6, 6.07) is 11.3. The lowest BCUT2D eigenvalue weighted by Crippen LogP contribution is -2.13. The van der Waals surface area contributed by atoms with Crippen LogP contribution in [0, 0.1) is 0 Å². The summed E-state index contributed by atoms with van der Waals surface area (Å²) >= 11 is 5.87. The van der Waals surface area contributed by atoms with E-state index in [-0.39, 0.29) is 15.5 Å². The van der Waals surface area contributed by atoms with Gasteiger partial charge in [0.15, 0.2) is 0 Å². The summed E-state index contributed by atoms with van der Waals surface area (Å²) in [4.78, 5) is 11.6. The zero-order valence-corrected chi connectivity index (χ0v) is 12.6. The Morgan fingerprint density at radius 3 is 2.45 bits per heavy atom. The maximum Gasteiger partial charge on any atom is 0.272 e. The Kier molecular flexibility index (Phi) is 3.48. The van der Waals surface area contributed by atoms with Crippen molar-refractivity contribution in [2.75, 3.05) is 0 Å². The summed E-state index contributed by atoms with van der Waals surface area (Å²) in [5, 5.41) is 12.7. The summed E-state index contributed by atoms with van der Waals surface area (Å²) in [5.74, 6) is 0. The van der Waals surface area contributed by atoms with E-state index in [2.05, 4.69) is 10.2 Å². The van der Waals surface area contributed by atoms with Crippen LogP contribution in [0.4, 0.5) is 0 Å². The van der Waals surface area contributed by atoms with Crippen molar-refractivity contribution >= 4 is 32.4 Å². The predicted octanol–water partition coefficient (Wildman–Crippen LogP) is 1.89. The number of halogens is 1. The number of fused-ring (bicyclic) bond motifs is 1. The maximum atomic E-state index is 11.8. The lowest BCUT2D eigenvalue weighted by molar-refractivity contribution is 0.598. The number of hydrogen-bond donors (Lipinski definition) is 2. The van der Waals surface area contributed by atoms with E-state index in [0.29, 0.717) is 22.0 Å². The van der Waals surface area contributed by atoms with Crippen molar-refractivity contribution in [2.24, 2.45) is 5.14 Å². The molecule has 1 heterocycles. The number of primary sulfonamides is 1. The maximum absolute atomic E-state index is 11.8. The molecule has 0 saturated heterocycles. The molecule has 6 nitrogen and oxygen atoms in total. The molecule has 0 bridgehead atoms. The number of sulfonamides is 1. The monoisotopic (exact) mass is 335 g/mol. The van der Waals surface area contributed by atoms with Gasteiger partial charge in [-0.15, -0.1) is 0 Å². The molecular weight excluding hydrogens is 326 g/mol. The second kappa shape index (κ2) is 5.20. The van der Waals surface area contributed by atoms with Crippen LogP contribution >= 0.6 is 11.6 Å². The molecule has 3 N–H and O–H groups in total. The Labute approximate surface area is 130 Å². The summed E-state index contributed by atoms with van der Waals surface area (Å²) in [7, 11) is -3.96. The molecule has 2 aromatic carbocycles. The van der Waals surface area contributed by atoms with E-state index in [1.54, 1.807) is 30.3 Å². The van der Waals surface area contributed by atoms with Crippen LogP contribution in [0.2, 0.25) is 5.02 Å². The van der Waals surface area contributed by atoms with Crippen LogP contribution in [0.3, 0.4) is 0 Å². The van der Waals surface area contributed by atoms with Gasteiger partial charge in [0.1, 0.15) is 4.90 Å². The van der Waals surface area contributed by atoms with Crippen molar-refractivity contribution in [2.45, 2.75) is 4.90 Å². The molecule has 3 aromatic rings. The summed E-state index contributed by atoms with van der Waals surface area (Å²) in [5.41, 5.74) is 0.609. The molecule has 8 heteroatoms. The van der Waals surface area contributed by atoms with Gasteiger partial charge >= 0.3 is 0 Å². The van der Waals surface area contributed by atoms with Crippen LogP contribution in [-0.4, -0.2) is 18.6 Å². The van der Waals surface area contributed by atoms with Gasteiger partial charge < -0.3 is 0 Å². The molecule has 0 saturated carbocycles. The molecule has 0 atom stereocenters. The fraction of sp³-hybridized carbons (Fsp3) is 0. The van der Waals surface area contributed by atoms with Crippen molar-refractivity contribution in [1.82, 2.24) is 10.2 Å². The van der Waals surface area contributed by atoms with Crippen molar-refractivity contribution < 1.29 is 8.42 Å². The first kappa shape index (κ1) is 14.7. The molecule has 0 amide bonds. The van der Waals surface area contributed by atoms with Crippen LogP contribution < -0.4 is 10.7 Å². The third kappa shape index (κ3) is 2.50. The van der Waals surface area contributed by atoms with Gasteiger partial charge in [0.05, 0.1) is 16.1 Å². The van der Waals surface area contributed by atoms with E-state index in [0.717, 1.165) is 0 Å². The number of nitrogens with two attached hydrogens (primary N) is 1. The molecular formula is C14H10ClN3O3S. The second-order valence-corrected chi connectivity index (χ2v) is 6.57. The van der Waals surface area contributed by atoms with Gasteiger partial charge in [0.2, 0.25) is 10.0 Å². The highest BCUT2D eigenvalue weighted by molar-refractivity contribution is 7.89. The van der Waals surface area contributed by atoms with Gasteiger partial charge in [-0.2, -0.15) is 5.10 Å². The standard InChI is InChI=1S/C14H10ClN3O3S/c15-11-6-5-8(7-12(11)22(16,20)21)13-9-3-1-2-4-10(9)14(19)18-17-13/h1-7H,(H,18,19)(H2,16,20,21). The average Bonchev–Trinajstić information content (AvgIpc) is 2.48. The van der Waals surface area contributed by atoms with Crippen molar-refractivity contribution in [3.63, 3.8) is 0 Å². The summed E-state index contributed by atoms with van der Waals surface area (Å²) in [6.07, 6.45) is 0. The first-order valence-corrected chi connectivity index (χ1v) is 8.10. The fourth-order valence-corrected chi connectivity index (χ4v) is 3.27. The number of nitrogens with one attached hydrogen (secondary N) is 1. The molecule has 0 unspecified atom stereocenters. The van der Waals surface area contributed by atoms with Crippen LogP contribution in [-0.2, 0) is 10.0 Å². The van der Waals surface area contributed by atoms with Gasteiger partial charge in [-0.3, -0.25) is 4.79 Å². The van der Waals surface area contributed by atoms with Gasteiger partial charge in [-0.05, 0) is 18.2 Å². The predicted molar refractivity (Wildman–Crippen MR) is 84.2 cm³/mol. The Hall–Kier alpha value is -2.22. The molecule has 112 valence electrons. The quantitative estimate of drug-likeness (QED) is 0.745. The molecule has 0 radical (unpaired) electrons. The molecule has 0 aliphatic rings. The zero-order valence-electron chi connectivity index (χ0n) is 11.1. The number of aromatic nitrogens is 2. The van der Waals surface area contributed by atoms with Gasteiger partial charge in [0, 0.05) is 10.9 Å². The van der Waals surface area contributed by atoms with Crippen molar-refractivity contribution in [3.8, 4) is 11.3 Å². The number of benzene rings is 2. The molecule has 0 aliphatic heterocycles. The fourth-order valence-electron chi connectivity index (χ4n) is 2.20. The minimum atomic E-state index is -3.96. The smallest absolute Gasteiger partial charge is 0.267 e. The zero-order chi connectivity index (χ0) is 15.9. The lowest BCUT2D eigenvalue weighted by Gasteiger charge is -2.08. The molecule has 3 rings (SSSR count). The first-order valence-electron chi connectivity index (χ1n) is 6.18. The normalized spacial score (nSPS) is 11.7. The van der Waals surface area contributed by atoms with Crippen LogP contribution in [0.25, 0.3) is 22.0 Å². The van der Waals surface area contributed by atoms with E-state index in [9.17, 15) is 13.2 Å². The van der Waals surface area contributed by atoms with E-state index in [1.165, 1.54) is 12.1 Å². The topological polar surface area (TPSA) is 106 Å². The van der Waals surface area contributed by atoms with Crippen molar-refractivity contribution in [1.29, 1.82) is 0 Å². The molecule has 1 aromatic heterocycles. The first-order chi connectivity index (χ1) is 10.4. The number of aromatic amines is 1. The van der Waals surface area contributed by atoms with E-state index < -0.39 is 10.0 Å². The van der Waals surface area contributed by atoms with Crippen LogP contribution in [0.1, 0.15) is 0 Å². The molecule has 0 fully saturated rings. The number of H-pyrrole nitrogens is 1. The molecule has 0 aliphatic carbocycles.